The number of imidazole rings is 1. The molecule has 2 heterocycles. The number of benzene rings is 1. The van der Waals surface area contributed by atoms with Gasteiger partial charge in [-0.2, -0.15) is 0 Å². The molecule has 114 valence electrons. The van der Waals surface area contributed by atoms with Gasteiger partial charge in [0.2, 0.25) is 0 Å². The number of aromatic amines is 1. The molecule has 2 aromatic heterocycles. The van der Waals surface area contributed by atoms with Crippen molar-refractivity contribution in [3.05, 3.63) is 35.2 Å². The molecule has 0 spiro atoms. The highest BCUT2D eigenvalue weighted by molar-refractivity contribution is 9.10. The van der Waals surface area contributed by atoms with Crippen LogP contribution in [0.3, 0.4) is 0 Å². The second-order valence-corrected chi connectivity index (χ2v) is 6.05. The number of nitrogens with zero attached hydrogens (tertiary/aromatic N) is 3. The van der Waals surface area contributed by atoms with Crippen LogP contribution in [0.2, 0.25) is 0 Å². The number of aromatic nitrogens is 4. The van der Waals surface area contributed by atoms with Crippen molar-refractivity contribution < 1.29 is 17.9 Å². The summed E-state index contributed by atoms with van der Waals surface area (Å²) in [5.41, 5.74) is 1.13. The van der Waals surface area contributed by atoms with Crippen LogP contribution in [0.25, 0.3) is 11.2 Å². The van der Waals surface area contributed by atoms with E-state index < -0.39 is 6.36 Å². The monoisotopic (exact) mass is 390 g/mol. The average molecular weight is 391 g/mol. The number of alkyl halides is 3. The highest BCUT2D eigenvalue weighted by atomic mass is 79.9. The molecule has 10 heteroatoms. The number of H-pyrrole nitrogens is 1. The van der Waals surface area contributed by atoms with Crippen LogP contribution < -0.4 is 4.74 Å². The van der Waals surface area contributed by atoms with Crippen LogP contribution in [-0.2, 0) is 0 Å². The van der Waals surface area contributed by atoms with E-state index in [0.717, 1.165) is 11.8 Å². The van der Waals surface area contributed by atoms with Crippen molar-refractivity contribution in [3.8, 4) is 5.75 Å². The number of nitrogens with one attached hydrogen (secondary N) is 1. The molecule has 0 atom stereocenters. The topological polar surface area (TPSA) is 63.7 Å². The quantitative estimate of drug-likeness (QED) is 0.727. The van der Waals surface area contributed by atoms with Gasteiger partial charge in [0.1, 0.15) is 17.6 Å². The number of hydrogen-bond acceptors (Lipinski definition) is 5. The molecule has 5 nitrogen and oxygen atoms in total. The number of halogens is 4. The van der Waals surface area contributed by atoms with E-state index in [2.05, 4.69) is 40.6 Å². The Morgan fingerprint density at radius 1 is 1.23 bits per heavy atom. The van der Waals surface area contributed by atoms with Gasteiger partial charge in [-0.25, -0.2) is 15.0 Å². The van der Waals surface area contributed by atoms with Gasteiger partial charge < -0.3 is 9.72 Å². The molecule has 0 bridgehead atoms. The Morgan fingerprint density at radius 3 is 2.77 bits per heavy atom. The van der Waals surface area contributed by atoms with E-state index in [4.69, 9.17) is 0 Å². The van der Waals surface area contributed by atoms with E-state index in [9.17, 15) is 13.2 Å². The molecular weight excluding hydrogens is 385 g/mol. The van der Waals surface area contributed by atoms with Gasteiger partial charge in [-0.05, 0) is 18.2 Å². The van der Waals surface area contributed by atoms with Crippen LogP contribution >= 0.6 is 27.7 Å². The van der Waals surface area contributed by atoms with Gasteiger partial charge in [0.05, 0.1) is 6.20 Å². The van der Waals surface area contributed by atoms with Crippen LogP contribution in [0.4, 0.5) is 13.2 Å². The maximum absolute atomic E-state index is 12.3. The molecule has 0 aliphatic carbocycles. The molecule has 0 unspecified atom stereocenters. The van der Waals surface area contributed by atoms with Crippen LogP contribution in [0.5, 0.6) is 5.75 Å². The molecule has 22 heavy (non-hydrogen) atoms. The lowest BCUT2D eigenvalue weighted by atomic mass is 10.3. The summed E-state index contributed by atoms with van der Waals surface area (Å²) in [4.78, 5) is 15.6. The zero-order chi connectivity index (χ0) is 15.7. The average Bonchev–Trinajstić information content (AvgIpc) is 2.77. The molecule has 1 aromatic carbocycles. The molecule has 0 aliphatic heterocycles. The lowest BCUT2D eigenvalue weighted by Crippen LogP contribution is -2.17. The molecule has 0 amide bonds. The lowest BCUT2D eigenvalue weighted by Gasteiger charge is -2.10. The summed E-state index contributed by atoms with van der Waals surface area (Å²) in [6, 6.07) is 4.18. The fourth-order valence-electron chi connectivity index (χ4n) is 1.69. The Morgan fingerprint density at radius 2 is 2.05 bits per heavy atom. The third kappa shape index (κ3) is 3.69. The summed E-state index contributed by atoms with van der Waals surface area (Å²) in [6.45, 7) is 0. The summed E-state index contributed by atoms with van der Waals surface area (Å²) < 4.78 is 41.3. The highest BCUT2D eigenvalue weighted by Gasteiger charge is 2.31. The van der Waals surface area contributed by atoms with Gasteiger partial charge in [-0.15, -0.1) is 13.2 Å². The van der Waals surface area contributed by atoms with E-state index in [1.54, 1.807) is 12.3 Å². The first-order valence-corrected chi connectivity index (χ1v) is 7.40. The minimum absolute atomic E-state index is 0.305. The van der Waals surface area contributed by atoms with E-state index in [0.29, 0.717) is 25.7 Å². The minimum atomic E-state index is -4.74. The van der Waals surface area contributed by atoms with Crippen molar-refractivity contribution in [3.63, 3.8) is 0 Å². The zero-order valence-corrected chi connectivity index (χ0v) is 13.0. The molecule has 3 rings (SSSR count). The Labute approximate surface area is 134 Å². The zero-order valence-electron chi connectivity index (χ0n) is 10.6. The van der Waals surface area contributed by atoms with Gasteiger partial charge >= 0.3 is 6.36 Å². The van der Waals surface area contributed by atoms with Gasteiger partial charge in [0.25, 0.3) is 0 Å². The van der Waals surface area contributed by atoms with Crippen molar-refractivity contribution in [2.45, 2.75) is 16.4 Å². The fraction of sp³-hybridized carbons (Fsp3) is 0.0833. The van der Waals surface area contributed by atoms with Crippen molar-refractivity contribution in [1.82, 2.24) is 19.9 Å². The predicted molar refractivity (Wildman–Crippen MR) is 76.6 cm³/mol. The van der Waals surface area contributed by atoms with Crippen LogP contribution in [-0.4, -0.2) is 26.3 Å². The fourth-order valence-corrected chi connectivity index (χ4v) is 3.19. The van der Waals surface area contributed by atoms with E-state index in [1.165, 1.54) is 18.5 Å². The Kier molecular flexibility index (Phi) is 3.96. The Hall–Kier alpha value is -1.81. The lowest BCUT2D eigenvalue weighted by molar-refractivity contribution is -0.274. The van der Waals surface area contributed by atoms with Crippen LogP contribution in [0, 0.1) is 0 Å². The first kappa shape index (κ1) is 15.1. The van der Waals surface area contributed by atoms with Crippen LogP contribution in [0.15, 0.2) is 45.2 Å². The van der Waals surface area contributed by atoms with Crippen molar-refractivity contribution >= 4 is 38.9 Å². The van der Waals surface area contributed by atoms with Gasteiger partial charge in [0, 0.05) is 9.37 Å². The summed E-state index contributed by atoms with van der Waals surface area (Å²) >= 11 is 4.31. The van der Waals surface area contributed by atoms with Gasteiger partial charge in [-0.3, -0.25) is 0 Å². The smallest absolute Gasteiger partial charge is 0.406 e. The number of ether oxygens (including phenoxy) is 1. The first-order valence-electron chi connectivity index (χ1n) is 5.79. The summed E-state index contributed by atoms with van der Waals surface area (Å²) in [7, 11) is 0. The molecular formula is C12H6BrF3N4OS. The van der Waals surface area contributed by atoms with Crippen LogP contribution in [0.1, 0.15) is 0 Å². The van der Waals surface area contributed by atoms with Crippen molar-refractivity contribution in [2.75, 3.05) is 0 Å². The number of rotatable bonds is 3. The third-order valence-corrected chi connectivity index (χ3v) is 3.75. The maximum Gasteiger partial charge on any atom is 0.573 e. The number of hydrogen-bond donors (Lipinski definition) is 1. The van der Waals surface area contributed by atoms with E-state index >= 15 is 0 Å². The highest BCUT2D eigenvalue weighted by Crippen LogP contribution is 2.34. The molecule has 0 radical (unpaired) electrons. The molecule has 0 saturated carbocycles. The standard InChI is InChI=1S/C12H6BrF3N4OS/c13-6-1-7(21-12(14,15)16)3-8(2-6)22-11-19-9-4-17-5-18-10(9)20-11/h1-5H,(H,17,18,19,20). The van der Waals surface area contributed by atoms with Gasteiger partial charge in [-0.1, -0.05) is 27.7 Å². The van der Waals surface area contributed by atoms with Crippen molar-refractivity contribution in [2.24, 2.45) is 0 Å². The SMILES string of the molecule is FC(F)(F)Oc1cc(Br)cc(Sc2nc3ncncc3[nH]2)c1. The van der Waals surface area contributed by atoms with E-state index in [-0.39, 0.29) is 5.75 Å². The second-order valence-electron chi connectivity index (χ2n) is 4.07. The van der Waals surface area contributed by atoms with Gasteiger partial charge in [0.15, 0.2) is 10.8 Å². The van der Waals surface area contributed by atoms with Crippen molar-refractivity contribution in [1.29, 1.82) is 0 Å². The third-order valence-electron chi connectivity index (χ3n) is 2.43. The molecule has 1 N–H and O–H groups in total. The number of fused-ring (bicyclic) bond motifs is 1. The largest absolute Gasteiger partial charge is 0.573 e. The Balaban J connectivity index is 1.88. The Bertz CT molecular complexity index is 790. The molecule has 3 aromatic rings. The normalized spacial score (nSPS) is 11.8. The molecule has 0 fully saturated rings. The minimum Gasteiger partial charge on any atom is -0.406 e. The summed E-state index contributed by atoms with van der Waals surface area (Å²) in [5.74, 6) is -0.305. The maximum atomic E-state index is 12.3. The molecule has 0 saturated heterocycles. The molecule has 0 aliphatic rings. The predicted octanol–water partition coefficient (Wildman–Crippen LogP) is 4.17. The first-order chi connectivity index (χ1) is 10.4. The second kappa shape index (κ2) is 5.76. The summed E-state index contributed by atoms with van der Waals surface area (Å²) in [6.07, 6.45) is -1.80. The van der Waals surface area contributed by atoms with E-state index in [1.807, 2.05) is 0 Å². The summed E-state index contributed by atoms with van der Waals surface area (Å²) in [5, 5.41) is 0.492.